The van der Waals surface area contributed by atoms with Crippen molar-refractivity contribution in [1.82, 2.24) is 0 Å². The van der Waals surface area contributed by atoms with Gasteiger partial charge >= 0.3 is 7.12 Å². The molecule has 5 rings (SSSR count). The molecule has 5 unspecified atom stereocenters. The summed E-state index contributed by atoms with van der Waals surface area (Å²) in [6.45, 7) is 8.12. The Kier molecular flexibility index (Phi) is 3.75. The van der Waals surface area contributed by atoms with Crippen molar-refractivity contribution in [3.05, 3.63) is 35.9 Å². The number of aliphatic hydroxyl groups is 1. The van der Waals surface area contributed by atoms with Crippen LogP contribution in [0.4, 0.5) is 0 Å². The van der Waals surface area contributed by atoms with Crippen molar-refractivity contribution < 1.29 is 23.9 Å². The molecule has 27 heavy (non-hydrogen) atoms. The molecule has 3 heterocycles. The lowest BCUT2D eigenvalue weighted by molar-refractivity contribution is 0.00578. The second kappa shape index (κ2) is 5.58. The zero-order valence-electron chi connectivity index (χ0n) is 16.6. The van der Waals surface area contributed by atoms with Gasteiger partial charge in [-0.15, -0.1) is 0 Å². The highest BCUT2D eigenvalue weighted by atomic mass is 16.7. The molecule has 0 aromatic heterocycles. The van der Waals surface area contributed by atoms with E-state index in [1.807, 2.05) is 58.0 Å². The van der Waals surface area contributed by atoms with Crippen molar-refractivity contribution in [2.75, 3.05) is 0 Å². The van der Waals surface area contributed by atoms with Crippen LogP contribution in [0.15, 0.2) is 30.3 Å². The zero-order chi connectivity index (χ0) is 19.1. The monoisotopic (exact) mass is 372 g/mol. The van der Waals surface area contributed by atoms with Gasteiger partial charge in [-0.1, -0.05) is 43.2 Å². The van der Waals surface area contributed by atoms with E-state index in [1.165, 1.54) is 0 Å². The Hall–Kier alpha value is -0.915. The summed E-state index contributed by atoms with van der Waals surface area (Å²) in [6, 6.07) is 10.0. The molecule has 1 saturated carbocycles. The Bertz CT molecular complexity index is 721. The number of aliphatic hydroxyl groups excluding tert-OH is 1. The minimum absolute atomic E-state index is 0.126. The molecular weight excluding hydrogens is 343 g/mol. The number of fused-ring (bicyclic) bond motifs is 1. The number of ether oxygens (including phenoxy) is 2. The lowest BCUT2D eigenvalue weighted by Crippen LogP contribution is -2.55. The molecule has 3 aliphatic heterocycles. The topological polar surface area (TPSA) is 63.8 Å². The van der Waals surface area contributed by atoms with E-state index in [9.17, 15) is 5.11 Å². The van der Waals surface area contributed by atoms with Crippen LogP contribution in [0.3, 0.4) is 0 Å². The van der Waals surface area contributed by atoms with E-state index in [4.69, 9.17) is 18.8 Å². The second-order valence-electron chi connectivity index (χ2n) is 9.56. The highest BCUT2D eigenvalue weighted by molar-refractivity contribution is 6.51. The molecule has 5 atom stereocenters. The molecule has 0 spiro atoms. The minimum atomic E-state index is -0.932. The Morgan fingerprint density at radius 1 is 1.00 bits per heavy atom. The molecule has 1 aliphatic carbocycles. The molecule has 6 heteroatoms. The van der Waals surface area contributed by atoms with Crippen molar-refractivity contribution in [1.29, 1.82) is 0 Å². The summed E-state index contributed by atoms with van der Waals surface area (Å²) in [4.78, 5) is 0. The number of benzene rings is 1. The fourth-order valence-electron chi connectivity index (χ4n) is 4.91. The summed E-state index contributed by atoms with van der Waals surface area (Å²) in [7, 11) is -0.635. The third-order valence-corrected chi connectivity index (χ3v) is 7.42. The highest BCUT2D eigenvalue weighted by Gasteiger charge is 2.81. The standard InChI is InChI=1S/C21H29BO5/c1-18(2)19(3,4)27-22(26-18)21(16(25-21)14-10-6-5-7-11-14)17(23)20-13-9-8-12-15(20)24-20/h5-7,10-11,15-17,23H,8-9,12-13H2,1-4H3. The summed E-state index contributed by atoms with van der Waals surface area (Å²) in [5.41, 5.74) is -1.36. The van der Waals surface area contributed by atoms with Gasteiger partial charge in [0.2, 0.25) is 0 Å². The molecule has 1 aromatic carbocycles. The van der Waals surface area contributed by atoms with Crippen LogP contribution in [-0.4, -0.2) is 46.7 Å². The SMILES string of the molecule is CC1(C)OB(C2(C(O)C34CCCCC3O4)OC2c2ccccc2)OC1(C)C. The molecule has 3 saturated heterocycles. The first-order valence-corrected chi connectivity index (χ1v) is 10.2. The maximum absolute atomic E-state index is 11.6. The number of rotatable bonds is 4. The van der Waals surface area contributed by atoms with Gasteiger partial charge in [0, 0.05) is 0 Å². The number of hydrogen-bond donors (Lipinski definition) is 1. The predicted octanol–water partition coefficient (Wildman–Crippen LogP) is 3.20. The molecule has 0 bridgehead atoms. The van der Waals surface area contributed by atoms with E-state index in [-0.39, 0.29) is 12.2 Å². The summed E-state index contributed by atoms with van der Waals surface area (Å²) in [5.74, 6) is 0. The average molecular weight is 372 g/mol. The highest BCUT2D eigenvalue weighted by Crippen LogP contribution is 2.64. The van der Waals surface area contributed by atoms with Crippen molar-refractivity contribution in [3.63, 3.8) is 0 Å². The molecule has 146 valence electrons. The third kappa shape index (κ3) is 2.44. The first-order chi connectivity index (χ1) is 12.7. The van der Waals surface area contributed by atoms with Crippen LogP contribution in [0.25, 0.3) is 0 Å². The molecule has 1 N–H and O–H groups in total. The normalized spacial score (nSPS) is 42.5. The molecule has 5 nitrogen and oxygen atoms in total. The van der Waals surface area contributed by atoms with Gasteiger partial charge in [0.1, 0.15) is 17.8 Å². The average Bonchev–Trinajstić information content (AvgIpc) is 3.52. The number of hydrogen-bond acceptors (Lipinski definition) is 5. The van der Waals surface area contributed by atoms with Crippen LogP contribution in [0.5, 0.6) is 0 Å². The Balaban J connectivity index is 1.51. The van der Waals surface area contributed by atoms with Gasteiger partial charge in [0.05, 0.1) is 17.3 Å². The van der Waals surface area contributed by atoms with Crippen LogP contribution >= 0.6 is 0 Å². The van der Waals surface area contributed by atoms with Crippen LogP contribution < -0.4 is 0 Å². The van der Waals surface area contributed by atoms with Gasteiger partial charge in [0.15, 0.2) is 5.50 Å². The Labute approximate surface area is 161 Å². The summed E-state index contributed by atoms with van der Waals surface area (Å²) >= 11 is 0. The maximum atomic E-state index is 11.6. The van der Waals surface area contributed by atoms with E-state index in [1.54, 1.807) is 0 Å². The third-order valence-electron chi connectivity index (χ3n) is 7.42. The van der Waals surface area contributed by atoms with Crippen LogP contribution in [0.1, 0.15) is 65.0 Å². The first-order valence-electron chi connectivity index (χ1n) is 10.2. The van der Waals surface area contributed by atoms with Crippen molar-refractivity contribution >= 4 is 7.12 Å². The summed E-state index contributed by atoms with van der Waals surface area (Å²) in [5, 5.41) is 11.6. The van der Waals surface area contributed by atoms with Gasteiger partial charge in [-0.3, -0.25) is 0 Å². The quantitative estimate of drug-likeness (QED) is 0.650. The molecular formula is C21H29BO5. The Morgan fingerprint density at radius 2 is 1.67 bits per heavy atom. The van der Waals surface area contributed by atoms with Gasteiger partial charge in [-0.2, -0.15) is 0 Å². The van der Waals surface area contributed by atoms with Crippen molar-refractivity contribution in [2.45, 2.75) is 94.0 Å². The van der Waals surface area contributed by atoms with E-state index in [0.717, 1.165) is 31.2 Å². The van der Waals surface area contributed by atoms with Crippen molar-refractivity contribution in [3.8, 4) is 0 Å². The van der Waals surface area contributed by atoms with Crippen LogP contribution in [0.2, 0.25) is 0 Å². The fourth-order valence-corrected chi connectivity index (χ4v) is 4.91. The van der Waals surface area contributed by atoms with Gasteiger partial charge in [0.25, 0.3) is 0 Å². The van der Waals surface area contributed by atoms with Gasteiger partial charge in [-0.05, 0) is 46.1 Å². The van der Waals surface area contributed by atoms with Crippen molar-refractivity contribution in [2.24, 2.45) is 0 Å². The number of epoxide rings is 2. The lowest BCUT2D eigenvalue weighted by atomic mass is 9.60. The maximum Gasteiger partial charge on any atom is 0.498 e. The van der Waals surface area contributed by atoms with Gasteiger partial charge in [-0.25, -0.2) is 0 Å². The second-order valence-corrected chi connectivity index (χ2v) is 9.56. The lowest BCUT2D eigenvalue weighted by Gasteiger charge is -2.32. The molecule has 0 radical (unpaired) electrons. The summed E-state index contributed by atoms with van der Waals surface area (Å²) in [6.07, 6.45) is 3.19. The van der Waals surface area contributed by atoms with Crippen LogP contribution in [0, 0.1) is 0 Å². The molecule has 4 aliphatic rings. The van der Waals surface area contributed by atoms with E-state index < -0.39 is 35.5 Å². The van der Waals surface area contributed by atoms with E-state index in [0.29, 0.717) is 0 Å². The molecule has 1 aromatic rings. The molecule has 4 fully saturated rings. The predicted molar refractivity (Wildman–Crippen MR) is 101 cm³/mol. The Morgan fingerprint density at radius 3 is 2.30 bits per heavy atom. The fraction of sp³-hybridized carbons (Fsp3) is 0.714. The largest absolute Gasteiger partial charge is 0.498 e. The summed E-state index contributed by atoms with van der Waals surface area (Å²) < 4.78 is 25.1. The first kappa shape index (κ1) is 18.1. The smallest absolute Gasteiger partial charge is 0.401 e. The molecule has 0 amide bonds. The van der Waals surface area contributed by atoms with Gasteiger partial charge < -0.3 is 23.9 Å². The van der Waals surface area contributed by atoms with E-state index >= 15 is 0 Å². The van der Waals surface area contributed by atoms with Crippen LogP contribution in [-0.2, 0) is 18.8 Å². The minimum Gasteiger partial charge on any atom is -0.401 e. The zero-order valence-corrected chi connectivity index (χ0v) is 16.6. The van der Waals surface area contributed by atoms with E-state index in [2.05, 4.69) is 0 Å².